The molecule has 2 heterocycles. The van der Waals surface area contributed by atoms with Crippen LogP contribution in [0.3, 0.4) is 0 Å². The summed E-state index contributed by atoms with van der Waals surface area (Å²) in [5.74, 6) is 1.82. The molecule has 3 aromatic rings. The van der Waals surface area contributed by atoms with Gasteiger partial charge in [0.15, 0.2) is 17.4 Å². The number of methoxy groups -OCH3 is 1. The van der Waals surface area contributed by atoms with Gasteiger partial charge in [-0.1, -0.05) is 13.0 Å². The molecule has 2 aromatic heterocycles. The highest BCUT2D eigenvalue weighted by molar-refractivity contribution is 6.02. The zero-order valence-electron chi connectivity index (χ0n) is 18.4. The zero-order valence-corrected chi connectivity index (χ0v) is 18.4. The highest BCUT2D eigenvalue weighted by atomic mass is 16.5. The summed E-state index contributed by atoms with van der Waals surface area (Å²) in [5, 5.41) is 10.5. The van der Waals surface area contributed by atoms with E-state index in [4.69, 9.17) is 4.74 Å². The second kappa shape index (κ2) is 9.17. The summed E-state index contributed by atoms with van der Waals surface area (Å²) in [6.45, 7) is 1.80. The Morgan fingerprint density at radius 3 is 2.69 bits per heavy atom. The smallest absolute Gasteiger partial charge is 0.225 e. The van der Waals surface area contributed by atoms with Gasteiger partial charge in [0.1, 0.15) is 12.1 Å². The van der Waals surface area contributed by atoms with Crippen LogP contribution >= 0.6 is 0 Å². The topological polar surface area (TPSA) is 111 Å². The van der Waals surface area contributed by atoms with E-state index in [1.165, 1.54) is 6.20 Å². The normalized spacial score (nSPS) is 13.0. The number of pyridine rings is 1. The first-order valence-corrected chi connectivity index (χ1v) is 10.6. The molecule has 1 aliphatic carbocycles. The third-order valence-corrected chi connectivity index (χ3v) is 5.29. The third-order valence-electron chi connectivity index (χ3n) is 5.29. The maximum absolute atomic E-state index is 12.5. The number of anilines is 3. The minimum Gasteiger partial charge on any atom is -0.494 e. The average molecular weight is 435 g/mol. The fourth-order valence-corrected chi connectivity index (χ4v) is 3.46. The van der Waals surface area contributed by atoms with Crippen molar-refractivity contribution in [3.8, 4) is 17.1 Å². The average Bonchev–Trinajstić information content (AvgIpc) is 3.49. The Morgan fingerprint density at radius 2 is 2.03 bits per heavy atom. The molecule has 9 heteroatoms. The number of nitrogens with one attached hydrogen (secondary N) is 2. The van der Waals surface area contributed by atoms with E-state index < -0.39 is 0 Å². The van der Waals surface area contributed by atoms with Crippen molar-refractivity contribution >= 4 is 28.9 Å². The first kappa shape index (κ1) is 21.5. The summed E-state index contributed by atoms with van der Waals surface area (Å²) in [4.78, 5) is 33.4. The molecular weight excluding hydrogens is 408 g/mol. The summed E-state index contributed by atoms with van der Waals surface area (Å²) in [6, 6.07) is 7.25. The largest absolute Gasteiger partial charge is 0.494 e. The van der Waals surface area contributed by atoms with E-state index >= 15 is 0 Å². The van der Waals surface area contributed by atoms with E-state index in [9.17, 15) is 9.59 Å². The predicted molar refractivity (Wildman–Crippen MR) is 121 cm³/mol. The molecule has 0 unspecified atom stereocenters. The number of carbonyl (C=O) groups excluding carboxylic acids is 2. The standard InChI is InChI=1S/C23H26N6O3/c1-4-19(30)16-12-24-20(27-21(31)10-14-8-9-14)11-18(16)26-17-7-5-6-15(22(17)32-3)23-25-13-29(2)28-23/h5-7,11-14H,4,8-10H2,1-3H3,(H2,24,26,27,31). The summed E-state index contributed by atoms with van der Waals surface area (Å²) < 4.78 is 7.28. The number of aryl methyl sites for hydroxylation is 1. The molecule has 1 amide bonds. The molecule has 0 atom stereocenters. The Hall–Kier alpha value is -3.75. The number of ketones is 1. The van der Waals surface area contributed by atoms with Crippen molar-refractivity contribution in [1.82, 2.24) is 19.7 Å². The van der Waals surface area contributed by atoms with Gasteiger partial charge in [-0.3, -0.25) is 14.3 Å². The number of benzene rings is 1. The molecule has 1 saturated carbocycles. The molecular formula is C23H26N6O3. The number of amides is 1. The van der Waals surface area contributed by atoms with Gasteiger partial charge in [0.25, 0.3) is 0 Å². The number of Topliss-reactive ketones (excluding diaryl/α,β-unsaturated/α-hetero) is 1. The zero-order chi connectivity index (χ0) is 22.7. The van der Waals surface area contributed by atoms with Crippen molar-refractivity contribution in [3.05, 3.63) is 42.4 Å². The third kappa shape index (κ3) is 4.77. The maximum atomic E-state index is 12.5. The lowest BCUT2D eigenvalue weighted by Gasteiger charge is -2.16. The molecule has 0 aliphatic heterocycles. The molecule has 4 rings (SSSR count). The first-order chi connectivity index (χ1) is 15.5. The Kier molecular flexibility index (Phi) is 6.16. The summed E-state index contributed by atoms with van der Waals surface area (Å²) in [6.07, 6.45) is 6.13. The lowest BCUT2D eigenvalue weighted by molar-refractivity contribution is -0.116. The Morgan fingerprint density at radius 1 is 1.22 bits per heavy atom. The molecule has 0 radical (unpaired) electrons. The van der Waals surface area contributed by atoms with Crippen LogP contribution in [0.1, 0.15) is 43.0 Å². The molecule has 166 valence electrons. The Bertz CT molecular complexity index is 1150. The summed E-state index contributed by atoms with van der Waals surface area (Å²) in [5.41, 5.74) is 2.34. The van der Waals surface area contributed by atoms with Crippen LogP contribution in [-0.4, -0.2) is 38.5 Å². The van der Waals surface area contributed by atoms with Gasteiger partial charge in [-0.25, -0.2) is 9.97 Å². The highest BCUT2D eigenvalue weighted by Crippen LogP contribution is 2.37. The lowest BCUT2D eigenvalue weighted by atomic mass is 10.1. The SMILES string of the molecule is CCC(=O)c1cnc(NC(=O)CC2CC2)cc1Nc1cccc(-c2ncn(C)n2)c1OC. The maximum Gasteiger partial charge on any atom is 0.225 e. The van der Waals surface area contributed by atoms with Crippen LogP contribution in [0, 0.1) is 5.92 Å². The fourth-order valence-electron chi connectivity index (χ4n) is 3.46. The van der Waals surface area contributed by atoms with E-state index in [1.807, 2.05) is 18.2 Å². The monoisotopic (exact) mass is 434 g/mol. The molecule has 32 heavy (non-hydrogen) atoms. The van der Waals surface area contributed by atoms with Crippen LogP contribution < -0.4 is 15.4 Å². The second-order valence-electron chi connectivity index (χ2n) is 7.84. The van der Waals surface area contributed by atoms with Crippen molar-refractivity contribution in [3.63, 3.8) is 0 Å². The molecule has 0 saturated heterocycles. The van der Waals surface area contributed by atoms with Crippen molar-refractivity contribution < 1.29 is 14.3 Å². The van der Waals surface area contributed by atoms with Crippen molar-refractivity contribution in [1.29, 1.82) is 0 Å². The van der Waals surface area contributed by atoms with Crippen molar-refractivity contribution in [2.24, 2.45) is 13.0 Å². The number of hydrogen-bond donors (Lipinski definition) is 2. The van der Waals surface area contributed by atoms with Crippen LogP contribution in [-0.2, 0) is 11.8 Å². The van der Waals surface area contributed by atoms with Gasteiger partial charge >= 0.3 is 0 Å². The van der Waals surface area contributed by atoms with E-state index in [2.05, 4.69) is 25.7 Å². The van der Waals surface area contributed by atoms with Crippen molar-refractivity contribution in [2.75, 3.05) is 17.7 Å². The van der Waals surface area contributed by atoms with E-state index in [0.29, 0.717) is 58.7 Å². The summed E-state index contributed by atoms with van der Waals surface area (Å²) in [7, 11) is 3.37. The van der Waals surface area contributed by atoms with Crippen LogP contribution in [0.2, 0.25) is 0 Å². The fraction of sp³-hybridized carbons (Fsp3) is 0.348. The number of aromatic nitrogens is 4. The van der Waals surface area contributed by atoms with Crippen LogP contribution in [0.5, 0.6) is 5.75 Å². The van der Waals surface area contributed by atoms with Gasteiger partial charge in [0, 0.05) is 32.2 Å². The number of hydrogen-bond acceptors (Lipinski definition) is 7. The minimum absolute atomic E-state index is 0.0580. The van der Waals surface area contributed by atoms with Crippen LogP contribution in [0.25, 0.3) is 11.4 Å². The van der Waals surface area contributed by atoms with Gasteiger partial charge in [0.2, 0.25) is 5.91 Å². The van der Waals surface area contributed by atoms with E-state index in [-0.39, 0.29) is 11.7 Å². The van der Waals surface area contributed by atoms with Gasteiger partial charge < -0.3 is 15.4 Å². The number of nitrogens with zero attached hydrogens (tertiary/aromatic N) is 4. The first-order valence-electron chi connectivity index (χ1n) is 10.6. The number of para-hydroxylation sites is 1. The molecule has 1 fully saturated rings. The van der Waals surface area contributed by atoms with Gasteiger partial charge in [0.05, 0.1) is 29.6 Å². The van der Waals surface area contributed by atoms with Crippen LogP contribution in [0.15, 0.2) is 36.8 Å². The van der Waals surface area contributed by atoms with E-state index in [0.717, 1.165) is 12.8 Å². The molecule has 0 bridgehead atoms. The number of ether oxygens (including phenoxy) is 1. The second-order valence-corrected chi connectivity index (χ2v) is 7.84. The molecule has 1 aromatic carbocycles. The molecule has 9 nitrogen and oxygen atoms in total. The van der Waals surface area contributed by atoms with Gasteiger partial charge in [-0.05, 0) is 30.9 Å². The van der Waals surface area contributed by atoms with Crippen molar-refractivity contribution in [2.45, 2.75) is 32.6 Å². The van der Waals surface area contributed by atoms with Crippen LogP contribution in [0.4, 0.5) is 17.2 Å². The quantitative estimate of drug-likeness (QED) is 0.490. The Balaban J connectivity index is 1.68. The molecule has 2 N–H and O–H groups in total. The number of carbonyl (C=O) groups is 2. The Labute approximate surface area is 186 Å². The van der Waals surface area contributed by atoms with E-state index in [1.54, 1.807) is 38.2 Å². The van der Waals surface area contributed by atoms with Gasteiger partial charge in [-0.15, -0.1) is 0 Å². The lowest BCUT2D eigenvalue weighted by Crippen LogP contribution is -2.14. The number of rotatable bonds is 9. The minimum atomic E-state index is -0.0682. The summed E-state index contributed by atoms with van der Waals surface area (Å²) >= 11 is 0. The van der Waals surface area contributed by atoms with Gasteiger partial charge in [-0.2, -0.15) is 5.10 Å². The molecule has 1 aliphatic rings. The predicted octanol–water partition coefficient (Wildman–Crippen LogP) is 3.96. The molecule has 0 spiro atoms. The highest BCUT2D eigenvalue weighted by Gasteiger charge is 2.25.